The molecule has 0 unspecified atom stereocenters. The smallest absolute Gasteiger partial charge is 0.258 e. The summed E-state index contributed by atoms with van der Waals surface area (Å²) in [7, 11) is 1.46. The molecule has 10 heteroatoms. The number of carbonyl (C=O) groups excluding carboxylic acids is 3. The lowest BCUT2D eigenvalue weighted by Gasteiger charge is -2.25. The molecule has 1 heterocycles. The molecule has 0 spiro atoms. The molecule has 3 amide bonds. The lowest BCUT2D eigenvalue weighted by atomic mass is 10.1. The molecule has 0 saturated carbocycles. The highest BCUT2D eigenvalue weighted by atomic mass is 16.5. The number of methoxy groups -OCH3 is 1. The van der Waals surface area contributed by atoms with Crippen LogP contribution in [0.3, 0.4) is 0 Å². The van der Waals surface area contributed by atoms with Gasteiger partial charge in [-0.05, 0) is 56.3 Å². The molecular formula is C25H32N4O6. The van der Waals surface area contributed by atoms with Crippen LogP contribution in [-0.2, 0) is 14.3 Å². The van der Waals surface area contributed by atoms with Gasteiger partial charge in [-0.2, -0.15) is 0 Å². The van der Waals surface area contributed by atoms with Crippen LogP contribution in [0.5, 0.6) is 11.5 Å². The van der Waals surface area contributed by atoms with E-state index in [1.54, 1.807) is 42.5 Å². The van der Waals surface area contributed by atoms with Gasteiger partial charge in [-0.15, -0.1) is 0 Å². The Labute approximate surface area is 204 Å². The van der Waals surface area contributed by atoms with E-state index < -0.39 is 0 Å². The van der Waals surface area contributed by atoms with Gasteiger partial charge in [0.25, 0.3) is 11.8 Å². The molecule has 1 aliphatic heterocycles. The van der Waals surface area contributed by atoms with E-state index in [1.807, 2.05) is 18.7 Å². The highest BCUT2D eigenvalue weighted by molar-refractivity contribution is 6.04. The summed E-state index contributed by atoms with van der Waals surface area (Å²) < 4.78 is 16.1. The first-order valence-electron chi connectivity index (χ1n) is 11.5. The summed E-state index contributed by atoms with van der Waals surface area (Å²) in [5, 5.41) is 8.41. The number of nitrogens with one attached hydrogen (secondary N) is 3. The largest absolute Gasteiger partial charge is 0.493 e. The zero-order chi connectivity index (χ0) is 25.2. The molecule has 10 nitrogen and oxygen atoms in total. The number of nitrogens with zero attached hydrogens (tertiary/aromatic N) is 1. The van der Waals surface area contributed by atoms with Gasteiger partial charge in [0.2, 0.25) is 5.91 Å². The van der Waals surface area contributed by atoms with Crippen molar-refractivity contribution >= 4 is 29.1 Å². The Kier molecular flexibility index (Phi) is 9.45. The first kappa shape index (κ1) is 26.0. The van der Waals surface area contributed by atoms with Gasteiger partial charge in [-0.3, -0.25) is 19.3 Å². The standard InChI is InChI=1S/C25H32N4O6/c1-17(2)26-24(31)16-35-21-9-4-18(14-22(21)33-3)25(32)28-20-7-5-19(6-8-20)27-23(30)15-29-10-12-34-13-11-29/h4-9,14,17H,10-13,15-16H2,1-3H3,(H,26,31)(H,27,30)(H,28,32). The zero-order valence-electron chi connectivity index (χ0n) is 20.3. The summed E-state index contributed by atoms with van der Waals surface area (Å²) in [6.45, 7) is 6.64. The first-order chi connectivity index (χ1) is 16.8. The fourth-order valence-corrected chi connectivity index (χ4v) is 3.44. The predicted octanol–water partition coefficient (Wildman–Crippen LogP) is 2.12. The van der Waals surface area contributed by atoms with Crippen LogP contribution in [-0.4, -0.2) is 75.2 Å². The van der Waals surface area contributed by atoms with E-state index in [9.17, 15) is 14.4 Å². The fraction of sp³-hybridized carbons (Fsp3) is 0.400. The fourth-order valence-electron chi connectivity index (χ4n) is 3.44. The van der Waals surface area contributed by atoms with Crippen molar-refractivity contribution in [2.45, 2.75) is 19.9 Å². The quantitative estimate of drug-likeness (QED) is 0.473. The van der Waals surface area contributed by atoms with Crippen LogP contribution >= 0.6 is 0 Å². The number of rotatable bonds is 10. The summed E-state index contributed by atoms with van der Waals surface area (Å²) >= 11 is 0. The van der Waals surface area contributed by atoms with E-state index >= 15 is 0 Å². The molecule has 188 valence electrons. The topological polar surface area (TPSA) is 118 Å². The number of anilines is 2. The van der Waals surface area contributed by atoms with E-state index in [0.29, 0.717) is 48.2 Å². The van der Waals surface area contributed by atoms with Gasteiger partial charge >= 0.3 is 0 Å². The summed E-state index contributed by atoms with van der Waals surface area (Å²) in [5.41, 5.74) is 1.58. The second-order valence-corrected chi connectivity index (χ2v) is 8.34. The van der Waals surface area contributed by atoms with Crippen molar-refractivity contribution in [3.8, 4) is 11.5 Å². The second kappa shape index (κ2) is 12.7. The predicted molar refractivity (Wildman–Crippen MR) is 132 cm³/mol. The van der Waals surface area contributed by atoms with Gasteiger partial charge in [0.1, 0.15) is 0 Å². The lowest BCUT2D eigenvalue weighted by Crippen LogP contribution is -2.41. The van der Waals surface area contributed by atoms with Gasteiger partial charge in [-0.25, -0.2) is 0 Å². The third-order valence-electron chi connectivity index (χ3n) is 5.13. The molecule has 0 atom stereocenters. The van der Waals surface area contributed by atoms with Gasteiger partial charge in [0, 0.05) is 36.1 Å². The van der Waals surface area contributed by atoms with E-state index in [-0.39, 0.29) is 30.4 Å². The molecule has 0 bridgehead atoms. The van der Waals surface area contributed by atoms with Gasteiger partial charge < -0.3 is 30.2 Å². The number of hydrogen-bond acceptors (Lipinski definition) is 7. The maximum absolute atomic E-state index is 12.7. The highest BCUT2D eigenvalue weighted by Gasteiger charge is 2.15. The summed E-state index contributed by atoms with van der Waals surface area (Å²) in [4.78, 5) is 38.8. The maximum Gasteiger partial charge on any atom is 0.258 e. The summed E-state index contributed by atoms with van der Waals surface area (Å²) in [6, 6.07) is 11.6. The number of amides is 3. The Bertz CT molecular complexity index is 1020. The number of ether oxygens (including phenoxy) is 3. The van der Waals surface area contributed by atoms with Crippen LogP contribution in [0.15, 0.2) is 42.5 Å². The van der Waals surface area contributed by atoms with Crippen molar-refractivity contribution < 1.29 is 28.6 Å². The van der Waals surface area contributed by atoms with Gasteiger partial charge in [0.05, 0.1) is 26.9 Å². The molecule has 3 N–H and O–H groups in total. The van der Waals surface area contributed by atoms with Crippen LogP contribution in [0.2, 0.25) is 0 Å². The average Bonchev–Trinajstić information content (AvgIpc) is 2.84. The van der Waals surface area contributed by atoms with E-state index in [4.69, 9.17) is 14.2 Å². The molecule has 35 heavy (non-hydrogen) atoms. The number of morpholine rings is 1. The Morgan fingerprint density at radius 2 is 1.60 bits per heavy atom. The van der Waals surface area contributed by atoms with Crippen LogP contribution in [0, 0.1) is 0 Å². The normalized spacial score (nSPS) is 13.7. The van der Waals surface area contributed by atoms with Crippen molar-refractivity contribution in [1.82, 2.24) is 10.2 Å². The minimum atomic E-state index is -0.337. The van der Waals surface area contributed by atoms with E-state index in [1.165, 1.54) is 7.11 Å². The average molecular weight is 485 g/mol. The van der Waals surface area contributed by atoms with Crippen molar-refractivity contribution in [1.29, 1.82) is 0 Å². The van der Waals surface area contributed by atoms with Crippen molar-refractivity contribution in [2.75, 3.05) is 57.2 Å². The van der Waals surface area contributed by atoms with Crippen LogP contribution in [0.1, 0.15) is 24.2 Å². The molecule has 1 fully saturated rings. The van der Waals surface area contributed by atoms with Crippen molar-refractivity contribution in [2.24, 2.45) is 0 Å². The highest BCUT2D eigenvalue weighted by Crippen LogP contribution is 2.28. The number of hydrogen-bond donors (Lipinski definition) is 3. The van der Waals surface area contributed by atoms with E-state index in [2.05, 4.69) is 16.0 Å². The Hall–Kier alpha value is -3.63. The SMILES string of the molecule is COc1cc(C(=O)Nc2ccc(NC(=O)CN3CCOCC3)cc2)ccc1OCC(=O)NC(C)C. The molecule has 2 aromatic carbocycles. The Balaban J connectivity index is 1.53. The van der Waals surface area contributed by atoms with Gasteiger partial charge in [0.15, 0.2) is 18.1 Å². The van der Waals surface area contributed by atoms with Crippen LogP contribution < -0.4 is 25.4 Å². The third-order valence-corrected chi connectivity index (χ3v) is 5.13. The zero-order valence-corrected chi connectivity index (χ0v) is 20.3. The number of benzene rings is 2. The molecule has 1 saturated heterocycles. The lowest BCUT2D eigenvalue weighted by molar-refractivity contribution is -0.123. The molecular weight excluding hydrogens is 452 g/mol. The van der Waals surface area contributed by atoms with Crippen molar-refractivity contribution in [3.05, 3.63) is 48.0 Å². The number of carbonyl (C=O) groups is 3. The molecule has 1 aliphatic rings. The monoisotopic (exact) mass is 484 g/mol. The Morgan fingerprint density at radius 1 is 0.943 bits per heavy atom. The van der Waals surface area contributed by atoms with E-state index in [0.717, 1.165) is 13.1 Å². The third kappa shape index (κ3) is 8.27. The maximum atomic E-state index is 12.7. The summed E-state index contributed by atoms with van der Waals surface area (Å²) in [6.07, 6.45) is 0. The second-order valence-electron chi connectivity index (χ2n) is 8.34. The van der Waals surface area contributed by atoms with Crippen molar-refractivity contribution in [3.63, 3.8) is 0 Å². The minimum Gasteiger partial charge on any atom is -0.493 e. The molecule has 0 aromatic heterocycles. The van der Waals surface area contributed by atoms with Gasteiger partial charge in [-0.1, -0.05) is 0 Å². The minimum absolute atomic E-state index is 0.0134. The molecule has 0 radical (unpaired) electrons. The van der Waals surface area contributed by atoms with Crippen LogP contribution in [0.25, 0.3) is 0 Å². The molecule has 0 aliphatic carbocycles. The Morgan fingerprint density at radius 3 is 2.23 bits per heavy atom. The molecule has 3 rings (SSSR count). The summed E-state index contributed by atoms with van der Waals surface area (Å²) in [5.74, 6) is 0.0225. The first-order valence-corrected chi connectivity index (χ1v) is 11.5. The molecule has 2 aromatic rings. The van der Waals surface area contributed by atoms with Crippen LogP contribution in [0.4, 0.5) is 11.4 Å².